The number of nitrogens with two attached hydrogens (primary N) is 1. The number of amides is 3. The molecule has 6 nitrogen and oxygen atoms in total. The van der Waals surface area contributed by atoms with Crippen LogP contribution in [0.4, 0.5) is 4.79 Å². The maximum absolute atomic E-state index is 12.2. The van der Waals surface area contributed by atoms with E-state index in [9.17, 15) is 9.59 Å². The second-order valence-corrected chi connectivity index (χ2v) is 5.39. The lowest BCUT2D eigenvalue weighted by Crippen LogP contribution is -2.47. The van der Waals surface area contributed by atoms with Gasteiger partial charge in [0.05, 0.1) is 12.5 Å². The molecular formula is C12H18N4O2S. The molecule has 4 N–H and O–H groups in total. The molecule has 1 fully saturated rings. The molecule has 104 valence electrons. The monoisotopic (exact) mass is 282 g/mol. The van der Waals surface area contributed by atoms with E-state index in [1.54, 1.807) is 0 Å². The molecule has 1 aliphatic rings. The van der Waals surface area contributed by atoms with Gasteiger partial charge in [0.25, 0.3) is 0 Å². The zero-order valence-electron chi connectivity index (χ0n) is 10.6. The Morgan fingerprint density at radius 3 is 2.79 bits per heavy atom. The number of primary amides is 1. The first-order chi connectivity index (χ1) is 9.16. The minimum absolute atomic E-state index is 0.0497. The van der Waals surface area contributed by atoms with Crippen molar-refractivity contribution in [2.24, 2.45) is 5.73 Å². The minimum atomic E-state index is -0.605. The molecule has 0 saturated carbocycles. The Morgan fingerprint density at radius 2 is 2.21 bits per heavy atom. The van der Waals surface area contributed by atoms with E-state index in [4.69, 9.17) is 5.73 Å². The summed E-state index contributed by atoms with van der Waals surface area (Å²) in [5, 5.41) is 7.76. The fourth-order valence-electron chi connectivity index (χ4n) is 2.10. The lowest BCUT2D eigenvalue weighted by atomic mass is 10.1. The Labute approximate surface area is 116 Å². The number of hydrogen-bond donors (Lipinski definition) is 3. The van der Waals surface area contributed by atoms with Crippen LogP contribution in [0.1, 0.15) is 17.3 Å². The Hall–Kier alpha value is -1.60. The van der Waals surface area contributed by atoms with Crippen LogP contribution in [0.3, 0.4) is 0 Å². The first-order valence-electron chi connectivity index (χ1n) is 6.24. The maximum atomic E-state index is 12.2. The Balaban J connectivity index is 1.99. The van der Waals surface area contributed by atoms with E-state index >= 15 is 0 Å². The summed E-state index contributed by atoms with van der Waals surface area (Å²) in [6, 6.07) is 2.85. The van der Waals surface area contributed by atoms with E-state index in [1.807, 2.05) is 22.4 Å². The lowest BCUT2D eigenvalue weighted by molar-refractivity contribution is -0.132. The highest BCUT2D eigenvalue weighted by Crippen LogP contribution is 2.22. The largest absolute Gasteiger partial charge is 0.352 e. The van der Waals surface area contributed by atoms with Gasteiger partial charge in [0.2, 0.25) is 5.91 Å². The molecule has 1 unspecified atom stereocenters. The Morgan fingerprint density at radius 1 is 1.47 bits per heavy atom. The number of nitrogens with zero attached hydrogens (tertiary/aromatic N) is 1. The summed E-state index contributed by atoms with van der Waals surface area (Å²) in [5.41, 5.74) is 5.17. The third kappa shape index (κ3) is 3.93. The number of rotatable bonds is 4. The number of hydrogen-bond acceptors (Lipinski definition) is 4. The lowest BCUT2D eigenvalue weighted by Gasteiger charge is -2.29. The van der Waals surface area contributed by atoms with Gasteiger partial charge >= 0.3 is 6.03 Å². The van der Waals surface area contributed by atoms with Crippen LogP contribution in [0.2, 0.25) is 0 Å². The predicted molar refractivity (Wildman–Crippen MR) is 73.8 cm³/mol. The van der Waals surface area contributed by atoms with Gasteiger partial charge in [-0.2, -0.15) is 0 Å². The van der Waals surface area contributed by atoms with E-state index in [0.29, 0.717) is 13.1 Å². The maximum Gasteiger partial charge on any atom is 0.312 e. The Bertz CT molecular complexity index is 429. The fraction of sp³-hybridized carbons (Fsp3) is 0.500. The molecule has 1 aromatic heterocycles. The molecule has 0 aromatic carbocycles. The van der Waals surface area contributed by atoms with Crippen LogP contribution in [0.15, 0.2) is 17.5 Å². The normalized spacial score (nSPS) is 16.9. The molecule has 0 bridgehead atoms. The summed E-state index contributed by atoms with van der Waals surface area (Å²) in [7, 11) is 0. The standard InChI is InChI=1S/C12H18N4O2S/c13-12(18)15-9(10-2-1-7-19-10)8-11(17)16-5-3-14-4-6-16/h1-2,7,9,14H,3-6,8H2,(H3,13,15,18). The zero-order chi connectivity index (χ0) is 13.7. The van der Waals surface area contributed by atoms with Crippen molar-refractivity contribution in [2.45, 2.75) is 12.5 Å². The summed E-state index contributed by atoms with van der Waals surface area (Å²) < 4.78 is 0. The van der Waals surface area contributed by atoms with Crippen molar-refractivity contribution < 1.29 is 9.59 Å². The van der Waals surface area contributed by atoms with Crippen LogP contribution in [0.25, 0.3) is 0 Å². The van der Waals surface area contributed by atoms with Crippen molar-refractivity contribution in [3.63, 3.8) is 0 Å². The molecule has 1 aliphatic heterocycles. The van der Waals surface area contributed by atoms with Gasteiger partial charge in [0, 0.05) is 31.1 Å². The molecule has 0 aliphatic carbocycles. The molecule has 2 rings (SSSR count). The molecule has 2 heterocycles. The topological polar surface area (TPSA) is 87.5 Å². The van der Waals surface area contributed by atoms with Crippen LogP contribution in [0.5, 0.6) is 0 Å². The van der Waals surface area contributed by atoms with Crippen molar-refractivity contribution in [1.29, 1.82) is 0 Å². The van der Waals surface area contributed by atoms with E-state index < -0.39 is 6.03 Å². The number of carbonyl (C=O) groups excluding carboxylic acids is 2. The Kier molecular flexibility index (Phi) is 4.75. The van der Waals surface area contributed by atoms with E-state index in [2.05, 4.69) is 10.6 Å². The quantitative estimate of drug-likeness (QED) is 0.741. The molecule has 1 atom stereocenters. The van der Waals surface area contributed by atoms with Crippen LogP contribution in [0, 0.1) is 0 Å². The smallest absolute Gasteiger partial charge is 0.312 e. The van der Waals surface area contributed by atoms with Gasteiger partial charge in [-0.15, -0.1) is 11.3 Å². The van der Waals surface area contributed by atoms with Crippen LogP contribution in [-0.4, -0.2) is 43.0 Å². The fourth-order valence-corrected chi connectivity index (χ4v) is 2.88. The second-order valence-electron chi connectivity index (χ2n) is 4.41. The molecular weight excluding hydrogens is 264 g/mol. The van der Waals surface area contributed by atoms with Crippen LogP contribution in [-0.2, 0) is 4.79 Å². The number of thiophene rings is 1. The first kappa shape index (κ1) is 13.8. The highest BCUT2D eigenvalue weighted by Gasteiger charge is 2.23. The second kappa shape index (κ2) is 6.53. The average molecular weight is 282 g/mol. The van der Waals surface area contributed by atoms with Crippen LogP contribution < -0.4 is 16.4 Å². The molecule has 1 saturated heterocycles. The van der Waals surface area contributed by atoms with Crippen molar-refractivity contribution in [1.82, 2.24) is 15.5 Å². The highest BCUT2D eigenvalue weighted by molar-refractivity contribution is 7.10. The van der Waals surface area contributed by atoms with E-state index in [1.165, 1.54) is 11.3 Å². The number of carbonyl (C=O) groups is 2. The minimum Gasteiger partial charge on any atom is -0.352 e. The first-order valence-corrected chi connectivity index (χ1v) is 7.12. The molecule has 7 heteroatoms. The van der Waals surface area contributed by atoms with Gasteiger partial charge in [-0.25, -0.2) is 4.79 Å². The third-order valence-electron chi connectivity index (χ3n) is 3.05. The van der Waals surface area contributed by atoms with Crippen molar-refractivity contribution in [3.05, 3.63) is 22.4 Å². The summed E-state index contributed by atoms with van der Waals surface area (Å²) in [6.45, 7) is 3.07. The molecule has 1 aromatic rings. The number of piperazine rings is 1. The van der Waals surface area contributed by atoms with Crippen LogP contribution >= 0.6 is 11.3 Å². The molecule has 0 spiro atoms. The zero-order valence-corrected chi connectivity index (χ0v) is 11.4. The third-order valence-corrected chi connectivity index (χ3v) is 4.04. The van der Waals surface area contributed by atoms with Gasteiger partial charge in [-0.3, -0.25) is 4.79 Å². The number of nitrogens with one attached hydrogen (secondary N) is 2. The summed E-state index contributed by atoms with van der Waals surface area (Å²) in [5.74, 6) is 0.0497. The van der Waals surface area contributed by atoms with Gasteiger partial charge < -0.3 is 21.3 Å². The van der Waals surface area contributed by atoms with Gasteiger partial charge in [-0.05, 0) is 11.4 Å². The summed E-state index contributed by atoms with van der Waals surface area (Å²) >= 11 is 1.51. The number of urea groups is 1. The van der Waals surface area contributed by atoms with Gasteiger partial charge in [0.15, 0.2) is 0 Å². The van der Waals surface area contributed by atoms with Crippen molar-refractivity contribution >= 4 is 23.3 Å². The molecule has 19 heavy (non-hydrogen) atoms. The average Bonchev–Trinajstić information content (AvgIpc) is 2.92. The summed E-state index contributed by atoms with van der Waals surface area (Å²) in [6.07, 6.45) is 0.253. The highest BCUT2D eigenvalue weighted by atomic mass is 32.1. The van der Waals surface area contributed by atoms with E-state index in [-0.39, 0.29) is 18.4 Å². The molecule has 3 amide bonds. The van der Waals surface area contributed by atoms with Crippen molar-refractivity contribution in [2.75, 3.05) is 26.2 Å². The van der Waals surface area contributed by atoms with E-state index in [0.717, 1.165) is 18.0 Å². The molecule has 0 radical (unpaired) electrons. The predicted octanol–water partition coefficient (Wildman–Crippen LogP) is 0.279. The van der Waals surface area contributed by atoms with Gasteiger partial charge in [0.1, 0.15) is 0 Å². The van der Waals surface area contributed by atoms with Gasteiger partial charge in [-0.1, -0.05) is 6.07 Å². The van der Waals surface area contributed by atoms with Crippen molar-refractivity contribution in [3.8, 4) is 0 Å². The summed E-state index contributed by atoms with van der Waals surface area (Å²) in [4.78, 5) is 26.0. The SMILES string of the molecule is NC(=O)NC(CC(=O)N1CCNCC1)c1cccs1.